The molecule has 6 nitrogen and oxygen atoms in total. The van der Waals surface area contributed by atoms with Crippen LogP contribution < -0.4 is 32.3 Å². The second-order valence-electron chi connectivity index (χ2n) is 8.50. The molecule has 0 radical (unpaired) electrons. The Labute approximate surface area is 211 Å². The predicted octanol–water partition coefficient (Wildman–Crippen LogP) is 3.87. The van der Waals surface area contributed by atoms with Crippen LogP contribution in [0.25, 0.3) is 0 Å². The van der Waals surface area contributed by atoms with Crippen molar-refractivity contribution < 1.29 is 26.3 Å². The third-order valence-electron chi connectivity index (χ3n) is 5.73. The molecule has 7 N–H and O–H groups in total. The molecule has 1 aromatic carbocycles. The molecule has 202 valence electrons. The predicted molar refractivity (Wildman–Crippen MR) is 132 cm³/mol. The first kappa shape index (κ1) is 28.4. The van der Waals surface area contributed by atoms with Gasteiger partial charge in [-0.3, -0.25) is 5.32 Å². The summed E-state index contributed by atoms with van der Waals surface area (Å²) in [5, 5.41) is 16.0. The number of hydrogen-bond acceptors (Lipinski definition) is 6. The van der Waals surface area contributed by atoms with Crippen LogP contribution in [0.3, 0.4) is 0 Å². The van der Waals surface area contributed by atoms with E-state index in [0.717, 1.165) is 42.6 Å². The molecule has 0 aromatic heterocycles. The van der Waals surface area contributed by atoms with E-state index in [1.165, 1.54) is 12.1 Å². The van der Waals surface area contributed by atoms with E-state index in [1.807, 2.05) is 13.1 Å². The minimum Gasteiger partial charge on any atom is -0.405 e. The Balaban J connectivity index is 1.84. The third-order valence-corrected chi connectivity index (χ3v) is 5.73. The van der Waals surface area contributed by atoms with Crippen molar-refractivity contribution in [2.75, 3.05) is 32.0 Å². The summed E-state index contributed by atoms with van der Waals surface area (Å²) in [6, 6.07) is 4.45. The third kappa shape index (κ3) is 8.14. The van der Waals surface area contributed by atoms with Crippen molar-refractivity contribution in [1.29, 1.82) is 0 Å². The Bertz CT molecular complexity index is 1070. The van der Waals surface area contributed by atoms with E-state index in [2.05, 4.69) is 26.6 Å². The average Bonchev–Trinajstić information content (AvgIpc) is 2.83. The Morgan fingerprint density at radius 3 is 2.41 bits per heavy atom. The number of likely N-dealkylation sites (N-methyl/N-ethyl adjacent to an activating group) is 1. The minimum atomic E-state index is -4.53. The van der Waals surface area contributed by atoms with Crippen LogP contribution in [0.5, 0.6) is 0 Å². The molecule has 0 fully saturated rings. The summed E-state index contributed by atoms with van der Waals surface area (Å²) in [5.74, 6) is 0. The fraction of sp³-hybridized carbons (Fsp3) is 0.360. The van der Waals surface area contributed by atoms with Gasteiger partial charge in [-0.2, -0.15) is 26.3 Å². The van der Waals surface area contributed by atoms with Crippen molar-refractivity contribution in [3.63, 3.8) is 0 Å². The van der Waals surface area contributed by atoms with Crippen molar-refractivity contribution in [3.05, 3.63) is 88.9 Å². The summed E-state index contributed by atoms with van der Waals surface area (Å²) in [6.07, 6.45) is -1.61. The number of allylic oxidation sites excluding steroid dienone is 5. The van der Waals surface area contributed by atoms with E-state index in [1.54, 1.807) is 12.2 Å². The molecule has 2 atom stereocenters. The van der Waals surface area contributed by atoms with Crippen molar-refractivity contribution in [3.8, 4) is 0 Å². The van der Waals surface area contributed by atoms with Crippen LogP contribution in [0.1, 0.15) is 12.0 Å². The topological polar surface area (TPSA) is 86.2 Å². The molecule has 12 heteroatoms. The quantitative estimate of drug-likeness (QED) is 0.157. The SMILES string of the molecule is CNCCNCC1C=C(Nc2ccc(C(F)(F)F)cc2)C2=CC=C(C/C(=C\C=C/N)C(F)(F)F)NC2N1. The fourth-order valence-corrected chi connectivity index (χ4v) is 3.88. The second kappa shape index (κ2) is 12.3. The van der Waals surface area contributed by atoms with E-state index in [-0.39, 0.29) is 12.5 Å². The minimum absolute atomic E-state index is 0.208. The van der Waals surface area contributed by atoms with Gasteiger partial charge in [-0.1, -0.05) is 12.2 Å². The molecule has 0 saturated heterocycles. The van der Waals surface area contributed by atoms with Crippen molar-refractivity contribution in [1.82, 2.24) is 21.3 Å². The van der Waals surface area contributed by atoms with Gasteiger partial charge in [-0.05, 0) is 55.7 Å². The first-order chi connectivity index (χ1) is 17.5. The zero-order chi connectivity index (χ0) is 27.1. The number of rotatable bonds is 10. The van der Waals surface area contributed by atoms with Gasteiger partial charge < -0.3 is 27.0 Å². The van der Waals surface area contributed by atoms with E-state index in [4.69, 9.17) is 5.73 Å². The van der Waals surface area contributed by atoms with Crippen LogP contribution in [-0.4, -0.2) is 45.1 Å². The summed E-state index contributed by atoms with van der Waals surface area (Å²) >= 11 is 0. The van der Waals surface area contributed by atoms with Gasteiger partial charge in [0, 0.05) is 60.3 Å². The lowest BCUT2D eigenvalue weighted by molar-refractivity contribution is -0.137. The fourth-order valence-electron chi connectivity index (χ4n) is 3.88. The molecular formula is C25H30F6N6. The van der Waals surface area contributed by atoms with Crippen molar-refractivity contribution in [2.45, 2.75) is 31.0 Å². The lowest BCUT2D eigenvalue weighted by Gasteiger charge is -2.37. The number of alkyl halides is 6. The summed E-state index contributed by atoms with van der Waals surface area (Å²) < 4.78 is 79.2. The highest BCUT2D eigenvalue weighted by molar-refractivity contribution is 5.58. The molecule has 2 aliphatic heterocycles. The number of nitrogens with one attached hydrogen (secondary N) is 5. The molecule has 3 rings (SSSR count). The van der Waals surface area contributed by atoms with Crippen LogP contribution in [0.4, 0.5) is 32.0 Å². The molecule has 0 bridgehead atoms. The number of benzene rings is 1. The zero-order valence-electron chi connectivity index (χ0n) is 20.1. The van der Waals surface area contributed by atoms with Gasteiger partial charge in [0.2, 0.25) is 0 Å². The highest BCUT2D eigenvalue weighted by Crippen LogP contribution is 2.33. The maximum Gasteiger partial charge on any atom is 0.416 e. The molecule has 37 heavy (non-hydrogen) atoms. The lowest BCUT2D eigenvalue weighted by Crippen LogP contribution is -2.55. The zero-order valence-corrected chi connectivity index (χ0v) is 20.1. The molecule has 0 aliphatic carbocycles. The first-order valence-electron chi connectivity index (χ1n) is 11.6. The van der Waals surface area contributed by atoms with Gasteiger partial charge in [0.15, 0.2) is 0 Å². The van der Waals surface area contributed by atoms with Gasteiger partial charge in [-0.25, -0.2) is 0 Å². The van der Waals surface area contributed by atoms with Gasteiger partial charge in [0.05, 0.1) is 5.56 Å². The van der Waals surface area contributed by atoms with Gasteiger partial charge in [0.25, 0.3) is 0 Å². The normalized spacial score (nSPS) is 20.6. The largest absolute Gasteiger partial charge is 0.416 e. The monoisotopic (exact) mass is 528 g/mol. The van der Waals surface area contributed by atoms with E-state index >= 15 is 0 Å². The molecule has 2 unspecified atom stereocenters. The maximum absolute atomic E-state index is 13.5. The average molecular weight is 529 g/mol. The van der Waals surface area contributed by atoms with Crippen LogP contribution in [0, 0.1) is 0 Å². The molecule has 2 heterocycles. The Morgan fingerprint density at radius 1 is 1.05 bits per heavy atom. The standard InChI is InChI=1S/C25H30F6N6/c1-33-11-12-34-15-20-14-22(35-18-6-4-16(5-7-18)24(26,27)28)21-9-8-19(36-23(21)37-20)13-17(3-2-10-32)25(29,30)31/h2-10,14,20,23,33-37H,11-13,15,32H2,1H3/b10-2-,17-3+. The molecule has 2 aliphatic rings. The van der Waals surface area contributed by atoms with Crippen LogP contribution in [-0.2, 0) is 6.18 Å². The number of dihydropyridines is 1. The van der Waals surface area contributed by atoms with E-state index in [0.29, 0.717) is 30.2 Å². The highest BCUT2D eigenvalue weighted by atomic mass is 19.4. The maximum atomic E-state index is 13.5. The summed E-state index contributed by atoms with van der Waals surface area (Å²) in [4.78, 5) is 0. The van der Waals surface area contributed by atoms with Gasteiger partial charge >= 0.3 is 12.4 Å². The van der Waals surface area contributed by atoms with Crippen LogP contribution in [0.2, 0.25) is 0 Å². The molecule has 0 amide bonds. The van der Waals surface area contributed by atoms with Gasteiger partial charge in [0.1, 0.15) is 6.17 Å². The molecule has 0 spiro atoms. The van der Waals surface area contributed by atoms with E-state index in [9.17, 15) is 26.3 Å². The Kier molecular flexibility index (Phi) is 9.46. The number of halogens is 6. The lowest BCUT2D eigenvalue weighted by atomic mass is 9.96. The van der Waals surface area contributed by atoms with Crippen LogP contribution in [0.15, 0.2) is 83.4 Å². The summed E-state index contributed by atoms with van der Waals surface area (Å²) in [5.41, 5.74) is 5.85. The van der Waals surface area contributed by atoms with Crippen molar-refractivity contribution >= 4 is 5.69 Å². The Hall–Kier alpha value is -3.22. The van der Waals surface area contributed by atoms with Crippen LogP contribution >= 0.6 is 0 Å². The number of nitrogens with two attached hydrogens (primary N) is 1. The van der Waals surface area contributed by atoms with E-state index < -0.39 is 29.7 Å². The Morgan fingerprint density at radius 2 is 1.78 bits per heavy atom. The van der Waals surface area contributed by atoms with Gasteiger partial charge in [-0.15, -0.1) is 0 Å². The van der Waals surface area contributed by atoms with Crippen molar-refractivity contribution in [2.24, 2.45) is 5.73 Å². The number of hydrogen-bond donors (Lipinski definition) is 6. The molecular weight excluding hydrogens is 498 g/mol. The smallest absolute Gasteiger partial charge is 0.405 e. The summed E-state index contributed by atoms with van der Waals surface area (Å²) in [6.45, 7) is 1.97. The molecule has 0 saturated carbocycles. The number of anilines is 1. The highest BCUT2D eigenvalue weighted by Gasteiger charge is 2.35. The molecule has 1 aromatic rings. The summed E-state index contributed by atoms with van der Waals surface area (Å²) in [7, 11) is 1.83. The first-order valence-corrected chi connectivity index (χ1v) is 11.6. The second-order valence-corrected chi connectivity index (χ2v) is 8.50. The number of fused-ring (bicyclic) bond motifs is 1.